The fourth-order valence-corrected chi connectivity index (χ4v) is 4.31. The number of rotatable bonds is 8. The molecule has 1 aliphatic rings. The van der Waals surface area contributed by atoms with E-state index in [9.17, 15) is 4.79 Å². The number of carbonyl (C=O) groups excluding carboxylic acids is 1. The number of hydrogen-bond acceptors (Lipinski definition) is 5. The topological polar surface area (TPSA) is 68.5 Å². The first-order chi connectivity index (χ1) is 13.2. The lowest BCUT2D eigenvalue weighted by atomic mass is 9.90. The van der Waals surface area contributed by atoms with Crippen LogP contribution in [0.5, 0.6) is 5.75 Å². The minimum absolute atomic E-state index is 0. The highest BCUT2D eigenvalue weighted by Crippen LogP contribution is 2.24. The zero-order chi connectivity index (χ0) is 19.1. The first-order valence-corrected chi connectivity index (χ1v) is 10.7. The van der Waals surface area contributed by atoms with Gasteiger partial charge in [-0.15, -0.1) is 23.7 Å². The van der Waals surface area contributed by atoms with Gasteiger partial charge >= 0.3 is 0 Å². The first kappa shape index (κ1) is 22.7. The van der Waals surface area contributed by atoms with Crippen LogP contribution >= 0.6 is 23.7 Å². The first-order valence-electron chi connectivity index (χ1n) is 9.85. The maximum Gasteiger partial charge on any atom is 0.273 e. The molecule has 154 valence electrons. The zero-order valence-corrected chi connectivity index (χ0v) is 18.1. The number of aromatic nitrogens is 1. The van der Waals surface area contributed by atoms with Crippen molar-refractivity contribution < 1.29 is 9.53 Å². The van der Waals surface area contributed by atoms with Crippen LogP contribution < -0.4 is 10.5 Å². The van der Waals surface area contributed by atoms with E-state index in [1.807, 2.05) is 29.3 Å². The molecule has 28 heavy (non-hydrogen) atoms. The van der Waals surface area contributed by atoms with Crippen molar-refractivity contribution >= 4 is 29.7 Å². The van der Waals surface area contributed by atoms with Gasteiger partial charge in [-0.25, -0.2) is 4.98 Å². The normalized spacial score (nSPS) is 14.6. The molecule has 2 aromatic rings. The van der Waals surface area contributed by atoms with Gasteiger partial charge in [-0.1, -0.05) is 12.1 Å². The largest absolute Gasteiger partial charge is 0.494 e. The molecule has 0 radical (unpaired) electrons. The summed E-state index contributed by atoms with van der Waals surface area (Å²) in [6, 6.07) is 8.41. The lowest BCUT2D eigenvalue weighted by Gasteiger charge is -2.31. The monoisotopic (exact) mass is 423 g/mol. The van der Waals surface area contributed by atoms with Gasteiger partial charge in [-0.05, 0) is 62.8 Å². The highest BCUT2D eigenvalue weighted by Gasteiger charge is 2.24. The molecule has 0 unspecified atom stereocenters. The molecule has 1 aromatic carbocycles. The van der Waals surface area contributed by atoms with Gasteiger partial charge in [0, 0.05) is 24.9 Å². The highest BCUT2D eigenvalue weighted by molar-refractivity contribution is 7.09. The molecule has 3 rings (SSSR count). The van der Waals surface area contributed by atoms with Crippen LogP contribution in [0.2, 0.25) is 0 Å². The second kappa shape index (κ2) is 11.4. The standard InChI is InChI=1S/C21H29N3O2S.ClH/c1-2-26-18-7-5-16(6-8-18)3-4-17-10-13-24(14-11-17)21(25)19-15-27-20(23-19)9-12-22;/h5-8,15,17H,2-4,9-14,22H2,1H3;1H. The summed E-state index contributed by atoms with van der Waals surface area (Å²) in [5, 5.41) is 2.82. The Labute approximate surface area is 177 Å². The third-order valence-electron chi connectivity index (χ3n) is 5.11. The Morgan fingerprint density at radius 3 is 2.61 bits per heavy atom. The van der Waals surface area contributed by atoms with Crippen LogP contribution in [0.15, 0.2) is 29.6 Å². The molecule has 1 aliphatic heterocycles. The molecule has 7 heteroatoms. The van der Waals surface area contributed by atoms with Gasteiger partial charge < -0.3 is 15.4 Å². The van der Waals surface area contributed by atoms with E-state index in [-0.39, 0.29) is 18.3 Å². The van der Waals surface area contributed by atoms with Crippen molar-refractivity contribution in [1.82, 2.24) is 9.88 Å². The van der Waals surface area contributed by atoms with Gasteiger partial charge in [0.1, 0.15) is 11.4 Å². The van der Waals surface area contributed by atoms with Crippen molar-refractivity contribution in [2.45, 2.75) is 39.0 Å². The van der Waals surface area contributed by atoms with Crippen molar-refractivity contribution in [2.75, 3.05) is 26.2 Å². The van der Waals surface area contributed by atoms with Crippen LogP contribution in [0.3, 0.4) is 0 Å². The van der Waals surface area contributed by atoms with E-state index >= 15 is 0 Å². The van der Waals surface area contributed by atoms with E-state index in [1.165, 1.54) is 23.3 Å². The summed E-state index contributed by atoms with van der Waals surface area (Å²) in [4.78, 5) is 19.0. The van der Waals surface area contributed by atoms with Gasteiger partial charge in [0.05, 0.1) is 11.6 Å². The summed E-state index contributed by atoms with van der Waals surface area (Å²) >= 11 is 1.53. The number of ether oxygens (including phenoxy) is 1. The summed E-state index contributed by atoms with van der Waals surface area (Å²) in [5.74, 6) is 1.69. The quantitative estimate of drug-likeness (QED) is 0.697. The number of amides is 1. The van der Waals surface area contributed by atoms with Crippen LogP contribution in [-0.2, 0) is 12.8 Å². The van der Waals surface area contributed by atoms with Crippen LogP contribution in [-0.4, -0.2) is 42.0 Å². The summed E-state index contributed by atoms with van der Waals surface area (Å²) in [6.07, 6.45) is 5.14. The third kappa shape index (κ3) is 6.19. The Hall–Kier alpha value is -1.63. The number of nitrogens with two attached hydrogens (primary N) is 1. The van der Waals surface area contributed by atoms with E-state index in [2.05, 4.69) is 17.1 Å². The summed E-state index contributed by atoms with van der Waals surface area (Å²) in [5.41, 5.74) is 7.49. The average molecular weight is 424 g/mol. The maximum absolute atomic E-state index is 12.6. The predicted molar refractivity (Wildman–Crippen MR) is 117 cm³/mol. The summed E-state index contributed by atoms with van der Waals surface area (Å²) < 4.78 is 5.49. The molecule has 0 bridgehead atoms. The number of nitrogens with zero attached hydrogens (tertiary/aromatic N) is 2. The number of carbonyl (C=O) groups is 1. The Morgan fingerprint density at radius 2 is 1.96 bits per heavy atom. The summed E-state index contributed by atoms with van der Waals surface area (Å²) in [6.45, 7) is 4.93. The smallest absolute Gasteiger partial charge is 0.273 e. The molecule has 0 aliphatic carbocycles. The van der Waals surface area contributed by atoms with Crippen LogP contribution in [0.25, 0.3) is 0 Å². The number of likely N-dealkylation sites (tertiary alicyclic amines) is 1. The van der Waals surface area contributed by atoms with Crippen molar-refractivity contribution in [3.8, 4) is 5.75 Å². The minimum Gasteiger partial charge on any atom is -0.494 e. The SMILES string of the molecule is CCOc1ccc(CCC2CCN(C(=O)c3csc(CCN)n3)CC2)cc1.Cl. The molecular formula is C21H30ClN3O2S. The molecule has 2 heterocycles. The Morgan fingerprint density at radius 1 is 1.25 bits per heavy atom. The van der Waals surface area contributed by atoms with Crippen LogP contribution in [0, 0.1) is 5.92 Å². The number of aryl methyl sites for hydroxylation is 1. The number of benzene rings is 1. The average Bonchev–Trinajstić information content (AvgIpc) is 3.16. The third-order valence-corrected chi connectivity index (χ3v) is 6.02. The van der Waals surface area contributed by atoms with Crippen molar-refractivity contribution in [1.29, 1.82) is 0 Å². The highest BCUT2D eigenvalue weighted by atomic mass is 35.5. The predicted octanol–water partition coefficient (Wildman–Crippen LogP) is 3.95. The van der Waals surface area contributed by atoms with Crippen molar-refractivity contribution in [2.24, 2.45) is 11.7 Å². The number of piperidine rings is 1. The van der Waals surface area contributed by atoms with Gasteiger partial charge in [0.25, 0.3) is 5.91 Å². The van der Waals surface area contributed by atoms with E-state index in [4.69, 9.17) is 10.5 Å². The van der Waals surface area contributed by atoms with Gasteiger partial charge in [0.2, 0.25) is 0 Å². The van der Waals surface area contributed by atoms with Gasteiger partial charge in [-0.2, -0.15) is 0 Å². The van der Waals surface area contributed by atoms with Gasteiger partial charge in [-0.3, -0.25) is 4.79 Å². The lowest BCUT2D eigenvalue weighted by molar-refractivity contribution is 0.0681. The Bertz CT molecular complexity index is 728. The Kier molecular flexibility index (Phi) is 9.22. The van der Waals surface area contributed by atoms with E-state index < -0.39 is 0 Å². The molecule has 0 spiro atoms. The van der Waals surface area contributed by atoms with Crippen molar-refractivity contribution in [3.05, 3.63) is 45.9 Å². The van der Waals surface area contributed by atoms with Crippen LogP contribution in [0.1, 0.15) is 47.2 Å². The van der Waals surface area contributed by atoms with E-state index in [1.54, 1.807) is 0 Å². The molecule has 1 aromatic heterocycles. The second-order valence-electron chi connectivity index (χ2n) is 7.02. The summed E-state index contributed by atoms with van der Waals surface area (Å²) in [7, 11) is 0. The fourth-order valence-electron chi connectivity index (χ4n) is 3.52. The molecule has 1 saturated heterocycles. The number of hydrogen-bond donors (Lipinski definition) is 1. The van der Waals surface area contributed by atoms with E-state index in [0.29, 0.717) is 24.8 Å². The van der Waals surface area contributed by atoms with E-state index in [0.717, 1.165) is 49.5 Å². The minimum atomic E-state index is 0. The van der Waals surface area contributed by atoms with Gasteiger partial charge in [0.15, 0.2) is 0 Å². The lowest BCUT2D eigenvalue weighted by Crippen LogP contribution is -2.38. The molecule has 5 nitrogen and oxygen atoms in total. The molecular weight excluding hydrogens is 394 g/mol. The molecule has 0 atom stereocenters. The molecule has 1 fully saturated rings. The molecule has 2 N–H and O–H groups in total. The molecule has 1 amide bonds. The fraction of sp³-hybridized carbons (Fsp3) is 0.524. The zero-order valence-electron chi connectivity index (χ0n) is 16.4. The Balaban J connectivity index is 0.00000280. The molecule has 0 saturated carbocycles. The van der Waals surface area contributed by atoms with Crippen molar-refractivity contribution in [3.63, 3.8) is 0 Å². The second-order valence-corrected chi connectivity index (χ2v) is 7.96. The number of halogens is 1. The van der Waals surface area contributed by atoms with Crippen LogP contribution in [0.4, 0.5) is 0 Å². The maximum atomic E-state index is 12.6. The number of thiazole rings is 1.